The molecule has 0 aliphatic carbocycles. The molecule has 1 aromatic heterocycles. The van der Waals surface area contributed by atoms with Gasteiger partial charge in [0, 0.05) is 17.8 Å². The highest BCUT2D eigenvalue weighted by Gasteiger charge is 2.17. The van der Waals surface area contributed by atoms with Crippen molar-refractivity contribution in [1.29, 1.82) is 0 Å². The normalized spacial score (nSPS) is 10.8. The number of nitrogens with zero attached hydrogens (tertiary/aromatic N) is 3. The van der Waals surface area contributed by atoms with Crippen LogP contribution in [0, 0.1) is 13.8 Å². The van der Waals surface area contributed by atoms with E-state index in [1.54, 1.807) is 7.11 Å². The fraction of sp³-hybridized carbons (Fsp3) is 0.192. The summed E-state index contributed by atoms with van der Waals surface area (Å²) in [6, 6.07) is 23.8. The highest BCUT2D eigenvalue weighted by Crippen LogP contribution is 2.26. The molecule has 0 fully saturated rings. The number of benzene rings is 3. The molecule has 0 aliphatic rings. The number of nitrogens with one attached hydrogen (secondary N) is 1. The number of aromatic nitrogens is 3. The molecule has 0 bridgehead atoms. The zero-order valence-electron chi connectivity index (χ0n) is 18.9. The number of anilines is 1. The van der Waals surface area contributed by atoms with Crippen LogP contribution in [0.15, 0.2) is 78.0 Å². The zero-order valence-corrected chi connectivity index (χ0v) is 19.7. The summed E-state index contributed by atoms with van der Waals surface area (Å²) < 4.78 is 7.30. The van der Waals surface area contributed by atoms with Crippen LogP contribution in [0.3, 0.4) is 0 Å². The topological polar surface area (TPSA) is 69.0 Å². The molecular formula is C26H26N4O2S. The SMILES string of the molecule is COc1ccc(-n2c(Cc3ccccc3)nnc2SCC(=O)Nc2cccc(C)c2C)cc1. The first-order chi connectivity index (χ1) is 16.0. The molecule has 168 valence electrons. The summed E-state index contributed by atoms with van der Waals surface area (Å²) in [5, 5.41) is 12.5. The number of rotatable bonds is 8. The molecule has 1 heterocycles. The van der Waals surface area contributed by atoms with Crippen molar-refractivity contribution in [2.24, 2.45) is 0 Å². The summed E-state index contributed by atoms with van der Waals surface area (Å²) >= 11 is 1.37. The van der Waals surface area contributed by atoms with Gasteiger partial charge in [0.1, 0.15) is 11.6 Å². The van der Waals surface area contributed by atoms with Crippen LogP contribution < -0.4 is 10.1 Å². The summed E-state index contributed by atoms with van der Waals surface area (Å²) in [5.41, 5.74) is 5.11. The van der Waals surface area contributed by atoms with Gasteiger partial charge in [0.2, 0.25) is 5.91 Å². The van der Waals surface area contributed by atoms with Gasteiger partial charge in [0.25, 0.3) is 0 Å². The van der Waals surface area contributed by atoms with E-state index in [0.717, 1.165) is 39.6 Å². The molecule has 0 radical (unpaired) electrons. The lowest BCUT2D eigenvalue weighted by Crippen LogP contribution is -2.15. The molecule has 0 unspecified atom stereocenters. The number of hydrogen-bond donors (Lipinski definition) is 1. The zero-order chi connectivity index (χ0) is 23.2. The monoisotopic (exact) mass is 458 g/mol. The van der Waals surface area contributed by atoms with Crippen molar-refractivity contribution in [3.8, 4) is 11.4 Å². The minimum atomic E-state index is -0.0809. The van der Waals surface area contributed by atoms with E-state index in [9.17, 15) is 4.79 Å². The van der Waals surface area contributed by atoms with Crippen molar-refractivity contribution in [1.82, 2.24) is 14.8 Å². The highest BCUT2D eigenvalue weighted by atomic mass is 32.2. The van der Waals surface area contributed by atoms with Crippen LogP contribution in [-0.2, 0) is 11.2 Å². The number of aryl methyl sites for hydroxylation is 1. The lowest BCUT2D eigenvalue weighted by atomic mass is 10.1. The molecule has 6 nitrogen and oxygen atoms in total. The van der Waals surface area contributed by atoms with Gasteiger partial charge in [-0.15, -0.1) is 10.2 Å². The molecule has 33 heavy (non-hydrogen) atoms. The Hall–Kier alpha value is -3.58. The Morgan fingerprint density at radius 3 is 2.45 bits per heavy atom. The van der Waals surface area contributed by atoms with Crippen LogP contribution in [0.25, 0.3) is 5.69 Å². The Bertz CT molecular complexity index is 1240. The molecular weight excluding hydrogens is 432 g/mol. The van der Waals surface area contributed by atoms with E-state index >= 15 is 0 Å². The third kappa shape index (κ3) is 5.43. The second-order valence-corrected chi connectivity index (χ2v) is 8.62. The number of ether oxygens (including phenoxy) is 1. The van der Waals surface area contributed by atoms with Gasteiger partial charge >= 0.3 is 0 Å². The Balaban J connectivity index is 1.56. The first-order valence-corrected chi connectivity index (χ1v) is 11.6. The number of thioether (sulfide) groups is 1. The van der Waals surface area contributed by atoms with E-state index in [1.807, 2.05) is 79.1 Å². The van der Waals surface area contributed by atoms with Gasteiger partial charge in [-0.3, -0.25) is 9.36 Å². The fourth-order valence-electron chi connectivity index (χ4n) is 3.48. The summed E-state index contributed by atoms with van der Waals surface area (Å²) in [7, 11) is 1.64. The van der Waals surface area contributed by atoms with Gasteiger partial charge in [0.15, 0.2) is 5.16 Å². The van der Waals surface area contributed by atoms with Crippen molar-refractivity contribution in [2.45, 2.75) is 25.4 Å². The van der Waals surface area contributed by atoms with E-state index in [2.05, 4.69) is 27.6 Å². The number of carbonyl (C=O) groups is 1. The first kappa shape index (κ1) is 22.6. The summed E-state index contributed by atoms with van der Waals surface area (Å²) in [4.78, 5) is 12.7. The van der Waals surface area contributed by atoms with E-state index < -0.39 is 0 Å². The summed E-state index contributed by atoms with van der Waals surface area (Å²) in [6.07, 6.45) is 0.634. The van der Waals surface area contributed by atoms with Gasteiger partial charge in [-0.2, -0.15) is 0 Å². The molecule has 4 aromatic rings. The van der Waals surface area contributed by atoms with Gasteiger partial charge < -0.3 is 10.1 Å². The van der Waals surface area contributed by atoms with Crippen LogP contribution >= 0.6 is 11.8 Å². The number of hydrogen-bond acceptors (Lipinski definition) is 5. The molecule has 7 heteroatoms. The van der Waals surface area contributed by atoms with Crippen LogP contribution in [0.2, 0.25) is 0 Å². The maximum absolute atomic E-state index is 12.7. The third-order valence-corrected chi connectivity index (χ3v) is 6.38. The second-order valence-electron chi connectivity index (χ2n) is 7.68. The molecule has 4 rings (SSSR count). The average molecular weight is 459 g/mol. The van der Waals surface area contributed by atoms with E-state index in [1.165, 1.54) is 11.8 Å². The molecule has 0 atom stereocenters. The van der Waals surface area contributed by atoms with Crippen molar-refractivity contribution in [3.05, 3.63) is 95.3 Å². The molecule has 1 amide bonds. The predicted molar refractivity (Wildman–Crippen MR) is 132 cm³/mol. The van der Waals surface area contributed by atoms with Crippen molar-refractivity contribution in [3.63, 3.8) is 0 Å². The van der Waals surface area contributed by atoms with Crippen molar-refractivity contribution >= 4 is 23.4 Å². The van der Waals surface area contributed by atoms with Gasteiger partial charge in [-0.05, 0) is 60.9 Å². The number of carbonyl (C=O) groups excluding carboxylic acids is 1. The smallest absolute Gasteiger partial charge is 0.234 e. The number of amides is 1. The van der Waals surface area contributed by atoms with Gasteiger partial charge in [-0.25, -0.2) is 0 Å². The summed E-state index contributed by atoms with van der Waals surface area (Å²) in [5.74, 6) is 1.73. The van der Waals surface area contributed by atoms with Crippen molar-refractivity contribution in [2.75, 3.05) is 18.2 Å². The summed E-state index contributed by atoms with van der Waals surface area (Å²) in [6.45, 7) is 4.04. The van der Waals surface area contributed by atoms with E-state index in [0.29, 0.717) is 11.6 Å². The lowest BCUT2D eigenvalue weighted by Gasteiger charge is -2.12. The highest BCUT2D eigenvalue weighted by molar-refractivity contribution is 7.99. The molecule has 0 saturated carbocycles. The van der Waals surface area contributed by atoms with Crippen LogP contribution in [0.4, 0.5) is 5.69 Å². The maximum atomic E-state index is 12.7. The Kier molecular flexibility index (Phi) is 7.10. The Labute approximate surface area is 198 Å². The Morgan fingerprint density at radius 1 is 0.970 bits per heavy atom. The largest absolute Gasteiger partial charge is 0.497 e. The molecule has 0 spiro atoms. The van der Waals surface area contributed by atoms with Crippen LogP contribution in [0.1, 0.15) is 22.5 Å². The Morgan fingerprint density at radius 2 is 1.73 bits per heavy atom. The second kappa shape index (κ2) is 10.4. The maximum Gasteiger partial charge on any atom is 0.234 e. The quantitative estimate of drug-likeness (QED) is 0.367. The minimum absolute atomic E-state index is 0.0809. The standard InChI is InChI=1S/C26H26N4O2S/c1-18-8-7-11-23(19(18)2)27-25(31)17-33-26-29-28-24(16-20-9-5-4-6-10-20)30(26)21-12-14-22(32-3)15-13-21/h4-15H,16-17H2,1-3H3,(H,27,31). The lowest BCUT2D eigenvalue weighted by molar-refractivity contribution is -0.113. The van der Waals surface area contributed by atoms with Gasteiger partial charge in [-0.1, -0.05) is 54.2 Å². The van der Waals surface area contributed by atoms with E-state index in [4.69, 9.17) is 4.74 Å². The van der Waals surface area contributed by atoms with Gasteiger partial charge in [0.05, 0.1) is 12.9 Å². The molecule has 0 aliphatic heterocycles. The van der Waals surface area contributed by atoms with Crippen molar-refractivity contribution < 1.29 is 9.53 Å². The molecule has 1 N–H and O–H groups in total. The molecule has 0 saturated heterocycles. The number of methoxy groups -OCH3 is 1. The predicted octanol–water partition coefficient (Wildman–Crippen LogP) is 5.21. The minimum Gasteiger partial charge on any atom is -0.497 e. The third-order valence-electron chi connectivity index (χ3n) is 5.45. The first-order valence-electron chi connectivity index (χ1n) is 10.7. The average Bonchev–Trinajstić information content (AvgIpc) is 3.23. The fourth-order valence-corrected chi connectivity index (χ4v) is 4.25. The van der Waals surface area contributed by atoms with Crippen LogP contribution in [0.5, 0.6) is 5.75 Å². The van der Waals surface area contributed by atoms with E-state index in [-0.39, 0.29) is 11.7 Å². The van der Waals surface area contributed by atoms with Crippen LogP contribution in [-0.4, -0.2) is 33.5 Å². The molecule has 3 aromatic carbocycles.